The Hall–Kier alpha value is 0.177. The molecule has 0 bridgehead atoms. The van der Waals surface area contributed by atoms with E-state index in [1.165, 1.54) is 12.2 Å². The van der Waals surface area contributed by atoms with Gasteiger partial charge in [0.15, 0.2) is 0 Å². The predicted octanol–water partition coefficient (Wildman–Crippen LogP) is 0.160. The largest absolute Gasteiger partial charge is 0.320 e. The van der Waals surface area contributed by atoms with Crippen molar-refractivity contribution in [3.63, 3.8) is 0 Å². The van der Waals surface area contributed by atoms with Crippen LogP contribution in [-0.2, 0) is 0 Å². The van der Waals surface area contributed by atoms with E-state index in [0.717, 1.165) is 6.54 Å². The predicted molar refractivity (Wildman–Crippen MR) is 37.6 cm³/mol. The number of hydrogen-bond acceptors (Lipinski definition) is 1. The maximum absolute atomic E-state index is 3.31. The first-order valence-electron chi connectivity index (χ1n) is 3.12. The van der Waals surface area contributed by atoms with Gasteiger partial charge in [-0.3, -0.25) is 0 Å². The minimum atomic E-state index is 0.300. The van der Waals surface area contributed by atoms with Gasteiger partial charge in [-0.1, -0.05) is 19.9 Å². The summed E-state index contributed by atoms with van der Waals surface area (Å²) in [6.45, 7) is 5.57. The van der Waals surface area contributed by atoms with Crippen molar-refractivity contribution in [1.82, 2.24) is 5.32 Å². The molecule has 0 heterocycles. The molecule has 0 aromatic carbocycles. The minimum absolute atomic E-state index is 0.300. The number of hydrogen-bond donors (Lipinski definition) is 1. The summed E-state index contributed by atoms with van der Waals surface area (Å²) in [6, 6.07) is 1.44. The first-order chi connectivity index (χ1) is 3.41. The molecule has 0 aliphatic rings. The zero-order chi connectivity index (χ0) is 5.54. The lowest BCUT2D eigenvalue weighted by Gasteiger charge is -1.94. The summed E-state index contributed by atoms with van der Waals surface area (Å²) in [5.74, 6) is 0. The fraction of sp³-hybridized carbons (Fsp3) is 1.00. The van der Waals surface area contributed by atoms with E-state index < -0.39 is 0 Å². The Labute approximate surface area is 48.3 Å². The lowest BCUT2D eigenvalue weighted by Crippen LogP contribution is -2.18. The van der Waals surface area contributed by atoms with Gasteiger partial charge in [0.1, 0.15) is 0 Å². The summed E-state index contributed by atoms with van der Waals surface area (Å²) in [5.41, 5.74) is 0. The summed E-state index contributed by atoms with van der Waals surface area (Å²) >= 11 is 0. The van der Waals surface area contributed by atoms with Gasteiger partial charge in [-0.25, -0.2) is 0 Å². The molecule has 0 amide bonds. The van der Waals surface area contributed by atoms with Gasteiger partial charge in [0, 0.05) is 9.52 Å². The maximum Gasteiger partial charge on any atom is 0.0362 e. The Morgan fingerprint density at radius 1 is 1.43 bits per heavy atom. The molecular weight excluding hydrogens is 102 g/mol. The minimum Gasteiger partial charge on any atom is -0.320 e. The van der Waals surface area contributed by atoms with E-state index in [-0.39, 0.29) is 0 Å². The molecule has 0 saturated carbocycles. The van der Waals surface area contributed by atoms with Crippen molar-refractivity contribution >= 4 is 9.52 Å². The summed E-state index contributed by atoms with van der Waals surface area (Å²) in [4.78, 5) is 0. The zero-order valence-corrected chi connectivity index (χ0v) is 6.74. The van der Waals surface area contributed by atoms with E-state index in [9.17, 15) is 0 Å². The lowest BCUT2D eigenvalue weighted by molar-refractivity contribution is 0.828. The smallest absolute Gasteiger partial charge is 0.0362 e. The highest BCUT2D eigenvalue weighted by molar-refractivity contribution is 6.35. The normalized spacial score (nSPS) is 11.1. The average molecular weight is 117 g/mol. The molecule has 7 heavy (non-hydrogen) atoms. The summed E-state index contributed by atoms with van der Waals surface area (Å²) < 4.78 is 0. The standard InChI is InChI=1S/C5H15NSi/c1-3-6-5-7-4-2/h6H,3-5,7H2,1-2H3. The molecule has 0 fully saturated rings. The monoisotopic (exact) mass is 117 g/mol. The topological polar surface area (TPSA) is 12.0 Å². The second-order valence-corrected chi connectivity index (χ2v) is 3.91. The van der Waals surface area contributed by atoms with Gasteiger partial charge < -0.3 is 5.32 Å². The van der Waals surface area contributed by atoms with Crippen molar-refractivity contribution in [3.8, 4) is 0 Å². The molecule has 0 aromatic heterocycles. The quantitative estimate of drug-likeness (QED) is 0.408. The van der Waals surface area contributed by atoms with E-state index in [4.69, 9.17) is 0 Å². The second kappa shape index (κ2) is 6.18. The van der Waals surface area contributed by atoms with E-state index >= 15 is 0 Å². The molecule has 0 aromatic rings. The molecule has 0 unspecified atom stereocenters. The van der Waals surface area contributed by atoms with Crippen molar-refractivity contribution in [2.75, 3.05) is 12.7 Å². The second-order valence-electron chi connectivity index (χ2n) is 1.71. The van der Waals surface area contributed by atoms with E-state index in [0.29, 0.717) is 9.52 Å². The Bertz CT molecular complexity index is 27.3. The molecule has 0 spiro atoms. The summed E-state index contributed by atoms with van der Waals surface area (Å²) in [7, 11) is 0.300. The van der Waals surface area contributed by atoms with Crippen LogP contribution >= 0.6 is 0 Å². The van der Waals surface area contributed by atoms with E-state index in [1.54, 1.807) is 0 Å². The number of rotatable bonds is 4. The lowest BCUT2D eigenvalue weighted by atomic mass is 10.8. The van der Waals surface area contributed by atoms with Crippen LogP contribution in [0.2, 0.25) is 6.04 Å². The fourth-order valence-corrected chi connectivity index (χ4v) is 1.44. The highest BCUT2D eigenvalue weighted by Gasteiger charge is 1.78. The molecule has 0 saturated heterocycles. The molecule has 0 atom stereocenters. The van der Waals surface area contributed by atoms with Crippen LogP contribution in [0.25, 0.3) is 0 Å². The van der Waals surface area contributed by atoms with Crippen LogP contribution in [0, 0.1) is 0 Å². The van der Waals surface area contributed by atoms with Gasteiger partial charge in [-0.2, -0.15) is 0 Å². The third-order valence-electron chi connectivity index (χ3n) is 0.957. The highest BCUT2D eigenvalue weighted by atomic mass is 28.2. The molecule has 1 nitrogen and oxygen atoms in total. The number of nitrogens with one attached hydrogen (secondary N) is 1. The molecule has 0 rings (SSSR count). The first kappa shape index (κ1) is 7.18. The Kier molecular flexibility index (Phi) is 6.33. The van der Waals surface area contributed by atoms with Gasteiger partial charge in [0.05, 0.1) is 0 Å². The van der Waals surface area contributed by atoms with Crippen LogP contribution < -0.4 is 5.32 Å². The van der Waals surface area contributed by atoms with Gasteiger partial charge in [0.25, 0.3) is 0 Å². The van der Waals surface area contributed by atoms with Gasteiger partial charge >= 0.3 is 0 Å². The Morgan fingerprint density at radius 2 is 2.14 bits per heavy atom. The van der Waals surface area contributed by atoms with Crippen LogP contribution in [0.15, 0.2) is 0 Å². The molecule has 1 N–H and O–H groups in total. The van der Waals surface area contributed by atoms with Crippen LogP contribution in [-0.4, -0.2) is 22.2 Å². The van der Waals surface area contributed by atoms with Crippen molar-refractivity contribution in [3.05, 3.63) is 0 Å². The van der Waals surface area contributed by atoms with Crippen molar-refractivity contribution in [2.24, 2.45) is 0 Å². The molecule has 0 aliphatic carbocycles. The maximum atomic E-state index is 3.31. The molecule has 0 aliphatic heterocycles. The average Bonchev–Trinajstić information content (AvgIpc) is 1.69. The van der Waals surface area contributed by atoms with Gasteiger partial charge in [-0.05, 0) is 12.7 Å². The van der Waals surface area contributed by atoms with Crippen LogP contribution in [0.3, 0.4) is 0 Å². The first-order valence-corrected chi connectivity index (χ1v) is 5.12. The SMILES string of the molecule is CCNC[SiH2]CC. The van der Waals surface area contributed by atoms with Crippen LogP contribution in [0.5, 0.6) is 0 Å². The Balaban J connectivity index is 2.45. The summed E-state index contributed by atoms with van der Waals surface area (Å²) in [5, 5.41) is 3.31. The van der Waals surface area contributed by atoms with E-state index in [1.807, 2.05) is 0 Å². The van der Waals surface area contributed by atoms with Crippen molar-refractivity contribution < 1.29 is 0 Å². The highest BCUT2D eigenvalue weighted by Crippen LogP contribution is 1.68. The third-order valence-corrected chi connectivity index (χ3v) is 2.37. The molecule has 2 heteroatoms. The van der Waals surface area contributed by atoms with Crippen molar-refractivity contribution in [1.29, 1.82) is 0 Å². The van der Waals surface area contributed by atoms with Crippen LogP contribution in [0.4, 0.5) is 0 Å². The molecular formula is C5H15NSi. The van der Waals surface area contributed by atoms with E-state index in [2.05, 4.69) is 19.2 Å². The fourth-order valence-electron chi connectivity index (χ4n) is 0.479. The molecule has 0 radical (unpaired) electrons. The van der Waals surface area contributed by atoms with Gasteiger partial charge in [0.2, 0.25) is 0 Å². The zero-order valence-electron chi connectivity index (χ0n) is 5.33. The molecule has 44 valence electrons. The summed E-state index contributed by atoms with van der Waals surface area (Å²) in [6.07, 6.45) is 1.33. The third kappa shape index (κ3) is 6.18. The Morgan fingerprint density at radius 3 is 2.57 bits per heavy atom. The van der Waals surface area contributed by atoms with Crippen molar-refractivity contribution in [2.45, 2.75) is 19.9 Å². The van der Waals surface area contributed by atoms with Crippen LogP contribution in [0.1, 0.15) is 13.8 Å². The van der Waals surface area contributed by atoms with Gasteiger partial charge in [-0.15, -0.1) is 0 Å².